The van der Waals surface area contributed by atoms with Gasteiger partial charge < -0.3 is 5.73 Å². The Kier molecular flexibility index (Phi) is 5.04. The third-order valence-electron chi connectivity index (χ3n) is 2.01. The molecule has 2 unspecified atom stereocenters. The van der Waals surface area contributed by atoms with Crippen LogP contribution in [-0.2, 0) is 16.6 Å². The van der Waals surface area contributed by atoms with E-state index in [-0.39, 0.29) is 17.5 Å². The summed E-state index contributed by atoms with van der Waals surface area (Å²) in [5.41, 5.74) is 5.83. The summed E-state index contributed by atoms with van der Waals surface area (Å²) in [4.78, 5) is 10.3. The van der Waals surface area contributed by atoms with Gasteiger partial charge in [0.15, 0.2) is 0 Å². The predicted octanol–water partition coefficient (Wildman–Crippen LogP) is 1.84. The van der Waals surface area contributed by atoms with E-state index >= 15 is 0 Å². The van der Waals surface area contributed by atoms with E-state index in [1.54, 1.807) is 13.0 Å². The molecule has 7 heteroatoms. The molecule has 0 aliphatic rings. The highest BCUT2D eigenvalue weighted by Crippen LogP contribution is 2.24. The van der Waals surface area contributed by atoms with Gasteiger partial charge in [0.25, 0.3) is 5.69 Å². The largest absolute Gasteiger partial charge is 0.327 e. The van der Waals surface area contributed by atoms with Crippen molar-refractivity contribution in [2.45, 2.75) is 18.7 Å². The molecule has 1 rings (SSSR count). The van der Waals surface area contributed by atoms with Crippen LogP contribution in [0.1, 0.15) is 12.5 Å². The highest BCUT2D eigenvalue weighted by Gasteiger charge is 2.16. The van der Waals surface area contributed by atoms with Gasteiger partial charge in [-0.3, -0.25) is 14.3 Å². The molecule has 0 saturated carbocycles. The van der Waals surface area contributed by atoms with Gasteiger partial charge in [0, 0.05) is 39.2 Å². The highest BCUT2D eigenvalue weighted by molar-refractivity contribution is 7.84. The van der Waals surface area contributed by atoms with Gasteiger partial charge in [-0.15, -0.1) is 0 Å². The molecule has 1 aromatic rings. The zero-order chi connectivity index (χ0) is 13.0. The zero-order valence-electron chi connectivity index (χ0n) is 9.26. The number of hydrogen-bond donors (Lipinski definition) is 1. The minimum atomic E-state index is -1.21. The van der Waals surface area contributed by atoms with Gasteiger partial charge in [-0.2, -0.15) is 0 Å². The van der Waals surface area contributed by atoms with Crippen LogP contribution in [0.15, 0.2) is 18.2 Å². The number of nitro groups is 1. The zero-order valence-corrected chi connectivity index (χ0v) is 10.8. The summed E-state index contributed by atoms with van der Waals surface area (Å²) in [6.45, 7) is 1.74. The van der Waals surface area contributed by atoms with Gasteiger partial charge in [-0.1, -0.05) is 11.6 Å². The molecule has 0 heterocycles. The average Bonchev–Trinajstić information content (AvgIpc) is 2.19. The Morgan fingerprint density at radius 3 is 2.76 bits per heavy atom. The molecule has 0 fully saturated rings. The molecular formula is C10H13ClN2O3S. The lowest BCUT2D eigenvalue weighted by Gasteiger charge is -2.06. The first-order chi connectivity index (χ1) is 7.90. The molecular weight excluding hydrogens is 264 g/mol. The summed E-state index contributed by atoms with van der Waals surface area (Å²) in [6.07, 6.45) is 0. The van der Waals surface area contributed by atoms with E-state index in [0.717, 1.165) is 0 Å². The number of benzene rings is 1. The molecule has 0 radical (unpaired) electrons. The molecule has 2 N–H and O–H groups in total. The number of rotatable bonds is 5. The lowest BCUT2D eigenvalue weighted by molar-refractivity contribution is -0.385. The molecule has 2 atom stereocenters. The molecule has 0 aliphatic heterocycles. The second kappa shape index (κ2) is 6.09. The van der Waals surface area contributed by atoms with Crippen molar-refractivity contribution in [2.24, 2.45) is 5.73 Å². The molecule has 1 aromatic carbocycles. The fraction of sp³-hybridized carbons (Fsp3) is 0.400. The summed E-state index contributed by atoms with van der Waals surface area (Å²) >= 11 is 5.68. The van der Waals surface area contributed by atoms with E-state index in [2.05, 4.69) is 0 Å². The number of nitrogens with zero attached hydrogens (tertiary/aromatic N) is 1. The van der Waals surface area contributed by atoms with Crippen LogP contribution in [0.25, 0.3) is 0 Å². The Balaban J connectivity index is 2.91. The molecule has 0 spiro atoms. The van der Waals surface area contributed by atoms with E-state index in [1.807, 2.05) is 0 Å². The Labute approximate surface area is 107 Å². The fourth-order valence-corrected chi connectivity index (χ4v) is 2.82. The van der Waals surface area contributed by atoms with Crippen LogP contribution in [0.2, 0.25) is 5.02 Å². The van der Waals surface area contributed by atoms with Gasteiger partial charge in [-0.05, 0) is 19.1 Å². The van der Waals surface area contributed by atoms with Crippen LogP contribution < -0.4 is 5.73 Å². The van der Waals surface area contributed by atoms with Crippen LogP contribution in [0, 0.1) is 10.1 Å². The Bertz CT molecular complexity index is 451. The van der Waals surface area contributed by atoms with Gasteiger partial charge in [0.2, 0.25) is 0 Å². The van der Waals surface area contributed by atoms with Crippen molar-refractivity contribution in [1.29, 1.82) is 0 Å². The Morgan fingerprint density at radius 2 is 2.24 bits per heavy atom. The molecule has 0 bridgehead atoms. The fourth-order valence-electron chi connectivity index (χ4n) is 1.35. The minimum Gasteiger partial charge on any atom is -0.327 e. The first-order valence-electron chi connectivity index (χ1n) is 4.93. The lowest BCUT2D eigenvalue weighted by Crippen LogP contribution is -2.23. The van der Waals surface area contributed by atoms with Crippen molar-refractivity contribution in [3.05, 3.63) is 38.9 Å². The maximum atomic E-state index is 11.7. The second-order valence-corrected chi connectivity index (χ2v) is 5.70. The van der Waals surface area contributed by atoms with Crippen molar-refractivity contribution >= 4 is 28.1 Å². The van der Waals surface area contributed by atoms with Crippen LogP contribution in [0.5, 0.6) is 0 Å². The smallest absolute Gasteiger partial charge is 0.275 e. The van der Waals surface area contributed by atoms with Crippen LogP contribution in [-0.4, -0.2) is 20.9 Å². The highest BCUT2D eigenvalue weighted by atomic mass is 35.5. The monoisotopic (exact) mass is 276 g/mol. The van der Waals surface area contributed by atoms with Crippen LogP contribution in [0.4, 0.5) is 5.69 Å². The maximum absolute atomic E-state index is 11.7. The predicted molar refractivity (Wildman–Crippen MR) is 68.5 cm³/mol. The maximum Gasteiger partial charge on any atom is 0.275 e. The number of hydrogen-bond acceptors (Lipinski definition) is 4. The van der Waals surface area contributed by atoms with Crippen molar-refractivity contribution in [3.63, 3.8) is 0 Å². The Hall–Kier alpha value is -0.980. The third kappa shape index (κ3) is 4.41. The van der Waals surface area contributed by atoms with Gasteiger partial charge >= 0.3 is 0 Å². The lowest BCUT2D eigenvalue weighted by atomic mass is 10.2. The van der Waals surface area contributed by atoms with E-state index in [0.29, 0.717) is 16.3 Å². The van der Waals surface area contributed by atoms with Crippen molar-refractivity contribution in [3.8, 4) is 0 Å². The summed E-state index contributed by atoms with van der Waals surface area (Å²) in [7, 11) is -1.21. The normalized spacial score (nSPS) is 14.3. The third-order valence-corrected chi connectivity index (χ3v) is 3.77. The molecule has 0 saturated heterocycles. The van der Waals surface area contributed by atoms with Gasteiger partial charge in [0.05, 0.1) is 10.7 Å². The minimum absolute atomic E-state index is 0.101. The second-order valence-electron chi connectivity index (χ2n) is 3.76. The molecule has 0 aliphatic carbocycles. The van der Waals surface area contributed by atoms with E-state index < -0.39 is 15.7 Å². The summed E-state index contributed by atoms with van der Waals surface area (Å²) in [5, 5.41) is 11.1. The average molecular weight is 277 g/mol. The van der Waals surface area contributed by atoms with Crippen LogP contribution >= 0.6 is 11.6 Å². The first kappa shape index (κ1) is 14.1. The van der Waals surface area contributed by atoms with E-state index in [9.17, 15) is 14.3 Å². The molecule has 5 nitrogen and oxygen atoms in total. The SMILES string of the molecule is CC(N)CS(=O)Cc1ccc(Cl)cc1[N+](=O)[O-]. The Morgan fingerprint density at radius 1 is 1.59 bits per heavy atom. The summed E-state index contributed by atoms with van der Waals surface area (Å²) in [6, 6.07) is 4.15. The van der Waals surface area contributed by atoms with Crippen molar-refractivity contribution in [2.75, 3.05) is 5.75 Å². The molecule has 0 amide bonds. The standard InChI is InChI=1S/C10H13ClN2O3S/c1-7(12)5-17(16)6-8-2-3-9(11)4-10(8)13(14)15/h2-4,7H,5-6,12H2,1H3. The first-order valence-corrected chi connectivity index (χ1v) is 6.80. The number of nitrogens with two attached hydrogens (primary N) is 1. The van der Waals surface area contributed by atoms with Crippen molar-refractivity contribution in [1.82, 2.24) is 0 Å². The topological polar surface area (TPSA) is 86.2 Å². The number of halogens is 1. The number of nitro benzene ring substituents is 1. The van der Waals surface area contributed by atoms with Crippen LogP contribution in [0.3, 0.4) is 0 Å². The van der Waals surface area contributed by atoms with Crippen molar-refractivity contribution < 1.29 is 9.13 Å². The van der Waals surface area contributed by atoms with E-state index in [4.69, 9.17) is 17.3 Å². The van der Waals surface area contributed by atoms with E-state index in [1.165, 1.54) is 12.1 Å². The van der Waals surface area contributed by atoms with Gasteiger partial charge in [-0.25, -0.2) is 0 Å². The van der Waals surface area contributed by atoms with Gasteiger partial charge in [0.1, 0.15) is 0 Å². The quantitative estimate of drug-likeness (QED) is 0.657. The molecule has 94 valence electrons. The molecule has 17 heavy (non-hydrogen) atoms. The molecule has 0 aromatic heterocycles. The summed E-state index contributed by atoms with van der Waals surface area (Å²) < 4.78 is 11.7. The summed E-state index contributed by atoms with van der Waals surface area (Å²) in [5.74, 6) is 0.439.